The summed E-state index contributed by atoms with van der Waals surface area (Å²) in [6.07, 6.45) is -2.95. The molecule has 9 heteroatoms. The van der Waals surface area contributed by atoms with Crippen molar-refractivity contribution in [2.45, 2.75) is 45.2 Å². The van der Waals surface area contributed by atoms with E-state index in [1.165, 1.54) is 11.8 Å². The number of unbranched alkanes of at least 4 members (excludes halogenated alkanes) is 1. The number of hydrogen-bond acceptors (Lipinski definition) is 4. The minimum atomic E-state index is -5.08. The number of aliphatic hydroxyl groups excluding tert-OH is 1. The van der Waals surface area contributed by atoms with Gasteiger partial charge >= 0.3 is 12.1 Å². The molecule has 0 fully saturated rings. The van der Waals surface area contributed by atoms with E-state index >= 15 is 0 Å². The maximum absolute atomic E-state index is 11.3. The van der Waals surface area contributed by atoms with Crippen LogP contribution in [0.15, 0.2) is 0 Å². The van der Waals surface area contributed by atoms with E-state index in [1.54, 1.807) is 0 Å². The zero-order chi connectivity index (χ0) is 17.1. The maximum Gasteiger partial charge on any atom is 0.490 e. The number of hydrogen-bond donors (Lipinski definition) is 3. The van der Waals surface area contributed by atoms with Crippen LogP contribution in [-0.2, 0) is 9.59 Å². The normalized spacial score (nSPS) is 12.4. The first-order valence-corrected chi connectivity index (χ1v) is 7.44. The van der Waals surface area contributed by atoms with Crippen molar-refractivity contribution in [2.75, 3.05) is 12.3 Å². The molecular weight excluding hydrogens is 311 g/mol. The molecule has 0 heterocycles. The number of halogens is 3. The van der Waals surface area contributed by atoms with Gasteiger partial charge in [-0.05, 0) is 18.1 Å². The second-order valence-electron chi connectivity index (χ2n) is 4.52. The fourth-order valence-corrected chi connectivity index (χ4v) is 1.72. The van der Waals surface area contributed by atoms with E-state index in [1.807, 2.05) is 13.8 Å². The molecule has 1 amide bonds. The van der Waals surface area contributed by atoms with Crippen LogP contribution in [0, 0.1) is 5.92 Å². The Kier molecular flexibility index (Phi) is 12.4. The van der Waals surface area contributed by atoms with Gasteiger partial charge in [0, 0.05) is 6.54 Å². The third-order valence-electron chi connectivity index (χ3n) is 1.92. The molecule has 3 N–H and O–H groups in total. The summed E-state index contributed by atoms with van der Waals surface area (Å²) in [5, 5.41) is 19.2. The van der Waals surface area contributed by atoms with E-state index in [2.05, 4.69) is 12.2 Å². The lowest BCUT2D eigenvalue weighted by atomic mass is 10.2. The molecule has 0 spiro atoms. The molecule has 1 unspecified atom stereocenters. The summed E-state index contributed by atoms with van der Waals surface area (Å²) >= 11 is 1.30. The van der Waals surface area contributed by atoms with Crippen LogP contribution in [0.4, 0.5) is 13.2 Å². The summed E-state index contributed by atoms with van der Waals surface area (Å²) in [6.45, 7) is 6.77. The molecule has 0 aliphatic rings. The van der Waals surface area contributed by atoms with Gasteiger partial charge in [-0.25, -0.2) is 4.79 Å². The molecule has 0 saturated carbocycles. The predicted octanol–water partition coefficient (Wildman–Crippen LogP) is 2.24. The third kappa shape index (κ3) is 15.3. The summed E-state index contributed by atoms with van der Waals surface area (Å²) in [7, 11) is 0. The number of nitrogens with one attached hydrogen (secondary N) is 1. The molecule has 0 bridgehead atoms. The number of carbonyl (C=O) groups excluding carboxylic acids is 1. The van der Waals surface area contributed by atoms with E-state index < -0.39 is 17.6 Å². The minimum Gasteiger partial charge on any atom is -0.475 e. The number of thioether (sulfide) groups is 1. The van der Waals surface area contributed by atoms with Crippen LogP contribution >= 0.6 is 11.8 Å². The Bertz CT molecular complexity index is 311. The highest BCUT2D eigenvalue weighted by atomic mass is 32.2. The van der Waals surface area contributed by atoms with Crippen molar-refractivity contribution < 1.29 is 33.0 Å². The monoisotopic (exact) mass is 333 g/mol. The Morgan fingerprint density at radius 3 is 2.10 bits per heavy atom. The molecule has 0 saturated heterocycles. The van der Waals surface area contributed by atoms with Crippen molar-refractivity contribution in [1.29, 1.82) is 0 Å². The highest BCUT2D eigenvalue weighted by Crippen LogP contribution is 2.13. The first kappa shape index (κ1) is 22.3. The summed E-state index contributed by atoms with van der Waals surface area (Å²) < 4.78 is 31.7. The quantitative estimate of drug-likeness (QED) is 0.491. The topological polar surface area (TPSA) is 86.6 Å². The van der Waals surface area contributed by atoms with Crippen molar-refractivity contribution in [3.8, 4) is 0 Å². The van der Waals surface area contributed by atoms with Crippen LogP contribution < -0.4 is 5.32 Å². The lowest BCUT2D eigenvalue weighted by Crippen LogP contribution is -2.35. The number of aliphatic carboxylic acids is 1. The van der Waals surface area contributed by atoms with Crippen LogP contribution in [0.25, 0.3) is 0 Å². The van der Waals surface area contributed by atoms with Gasteiger partial charge in [-0.2, -0.15) is 13.2 Å². The Labute approximate surface area is 126 Å². The molecular formula is C12H22F3NO4S. The second kappa shape index (κ2) is 11.7. The number of amides is 1. The molecule has 5 nitrogen and oxygen atoms in total. The first-order valence-electron chi connectivity index (χ1n) is 6.39. The van der Waals surface area contributed by atoms with Crippen molar-refractivity contribution in [1.82, 2.24) is 5.32 Å². The van der Waals surface area contributed by atoms with Gasteiger partial charge in [0.25, 0.3) is 5.91 Å². The summed E-state index contributed by atoms with van der Waals surface area (Å²) in [5.41, 5.74) is -0.903. The Morgan fingerprint density at radius 1 is 1.29 bits per heavy atom. The number of alkyl halides is 3. The maximum atomic E-state index is 11.3. The average Bonchev–Trinajstić information content (AvgIpc) is 2.35. The Balaban J connectivity index is 0. The Hall–Kier alpha value is -0.960. The average molecular weight is 333 g/mol. The summed E-state index contributed by atoms with van der Waals surface area (Å²) in [5.74, 6) is -1.76. The summed E-state index contributed by atoms with van der Waals surface area (Å²) in [4.78, 5) is 20.2. The minimum absolute atomic E-state index is 0.264. The SMILES string of the molecule is CCCCSC(O)C(=O)NCC(C)C.O=C(O)C(F)(F)F. The molecule has 0 rings (SSSR count). The second-order valence-corrected chi connectivity index (χ2v) is 5.71. The van der Waals surface area contributed by atoms with Gasteiger partial charge in [0.1, 0.15) is 0 Å². The zero-order valence-corrected chi connectivity index (χ0v) is 13.1. The molecule has 0 aromatic rings. The van der Waals surface area contributed by atoms with Gasteiger partial charge in [0.2, 0.25) is 0 Å². The lowest BCUT2D eigenvalue weighted by molar-refractivity contribution is -0.192. The van der Waals surface area contributed by atoms with Crippen LogP contribution in [-0.4, -0.2) is 46.0 Å². The molecule has 0 radical (unpaired) electrons. The van der Waals surface area contributed by atoms with Crippen molar-refractivity contribution >= 4 is 23.6 Å². The molecule has 0 aliphatic heterocycles. The Morgan fingerprint density at radius 2 is 1.76 bits per heavy atom. The van der Waals surface area contributed by atoms with Crippen molar-refractivity contribution in [2.24, 2.45) is 5.92 Å². The van der Waals surface area contributed by atoms with Gasteiger partial charge in [0.15, 0.2) is 5.44 Å². The molecule has 0 aromatic heterocycles. The summed E-state index contributed by atoms with van der Waals surface area (Å²) in [6, 6.07) is 0. The molecule has 1 atom stereocenters. The number of carboxylic acids is 1. The van der Waals surface area contributed by atoms with Gasteiger partial charge in [-0.3, -0.25) is 4.79 Å². The third-order valence-corrected chi connectivity index (χ3v) is 2.98. The van der Waals surface area contributed by atoms with E-state index in [9.17, 15) is 23.1 Å². The molecule has 0 aliphatic carbocycles. The first-order chi connectivity index (χ1) is 9.52. The van der Waals surface area contributed by atoms with E-state index in [0.717, 1.165) is 18.6 Å². The zero-order valence-electron chi connectivity index (χ0n) is 12.2. The molecule has 21 heavy (non-hydrogen) atoms. The number of aliphatic hydroxyl groups is 1. The number of carbonyl (C=O) groups is 2. The molecule has 0 aromatic carbocycles. The standard InChI is InChI=1S/C10H21NO2S.C2HF3O2/c1-4-5-6-14-10(13)9(12)11-7-8(2)3;3-2(4,5)1(6)7/h8,10,13H,4-7H2,1-3H3,(H,11,12);(H,6,7). The fraction of sp³-hybridized carbons (Fsp3) is 0.833. The van der Waals surface area contributed by atoms with Crippen LogP contribution in [0.5, 0.6) is 0 Å². The fourth-order valence-electron chi connectivity index (χ4n) is 0.807. The van der Waals surface area contributed by atoms with Crippen molar-refractivity contribution in [3.05, 3.63) is 0 Å². The smallest absolute Gasteiger partial charge is 0.475 e. The van der Waals surface area contributed by atoms with E-state index in [4.69, 9.17) is 9.90 Å². The van der Waals surface area contributed by atoms with Crippen LogP contribution in [0.1, 0.15) is 33.6 Å². The highest BCUT2D eigenvalue weighted by molar-refractivity contribution is 8.00. The highest BCUT2D eigenvalue weighted by Gasteiger charge is 2.38. The number of carboxylic acid groups (broad SMARTS) is 1. The predicted molar refractivity (Wildman–Crippen MR) is 74.9 cm³/mol. The van der Waals surface area contributed by atoms with Gasteiger partial charge in [-0.15, -0.1) is 11.8 Å². The van der Waals surface area contributed by atoms with Gasteiger partial charge < -0.3 is 15.5 Å². The number of rotatable bonds is 7. The van der Waals surface area contributed by atoms with Crippen LogP contribution in [0.3, 0.4) is 0 Å². The van der Waals surface area contributed by atoms with Crippen molar-refractivity contribution in [3.63, 3.8) is 0 Å². The largest absolute Gasteiger partial charge is 0.490 e. The van der Waals surface area contributed by atoms with E-state index in [0.29, 0.717) is 12.5 Å². The van der Waals surface area contributed by atoms with Gasteiger partial charge in [-0.1, -0.05) is 27.2 Å². The van der Waals surface area contributed by atoms with Gasteiger partial charge in [0.05, 0.1) is 0 Å². The van der Waals surface area contributed by atoms with Crippen LogP contribution in [0.2, 0.25) is 0 Å². The molecule has 126 valence electrons. The lowest BCUT2D eigenvalue weighted by Gasteiger charge is -2.12. The van der Waals surface area contributed by atoms with E-state index in [-0.39, 0.29) is 5.91 Å².